The molecular weight excluding hydrogens is 294 g/mol. The molecule has 20 heavy (non-hydrogen) atoms. The monoisotopic (exact) mass is 317 g/mol. The maximum Gasteiger partial charge on any atom is 0.226 e. The number of nitrogens with one attached hydrogen (secondary N) is 2. The third-order valence-corrected chi connectivity index (χ3v) is 4.18. The van der Waals surface area contributed by atoms with Crippen LogP contribution in [0.15, 0.2) is 0 Å². The number of rotatable bonds is 5. The molecule has 1 aromatic heterocycles. The average molecular weight is 318 g/mol. The number of carbonyl (C=O) groups excluding carboxylic acids is 1. The highest BCUT2D eigenvalue weighted by atomic mass is 35.5. The van der Waals surface area contributed by atoms with Gasteiger partial charge in [-0.05, 0) is 38.6 Å². The fourth-order valence-electron chi connectivity index (χ4n) is 2.43. The van der Waals surface area contributed by atoms with Crippen LogP contribution in [0.2, 0.25) is 0 Å². The molecule has 0 saturated carbocycles. The van der Waals surface area contributed by atoms with Crippen LogP contribution in [0.5, 0.6) is 0 Å². The fourth-order valence-corrected chi connectivity index (χ4v) is 3.29. The molecular formula is C14H24ClN3OS. The average Bonchev–Trinajstić information content (AvgIpc) is 2.89. The van der Waals surface area contributed by atoms with Crippen molar-refractivity contribution in [3.63, 3.8) is 0 Å². The minimum Gasteiger partial charge on any atom is -0.316 e. The number of anilines is 1. The number of hydrogen-bond donors (Lipinski definition) is 2. The van der Waals surface area contributed by atoms with E-state index in [4.69, 9.17) is 0 Å². The first-order chi connectivity index (χ1) is 9.04. The van der Waals surface area contributed by atoms with E-state index in [2.05, 4.69) is 29.5 Å². The number of amides is 1. The van der Waals surface area contributed by atoms with Gasteiger partial charge < -0.3 is 10.6 Å². The molecule has 0 aromatic carbocycles. The fraction of sp³-hybridized carbons (Fsp3) is 0.714. The molecule has 1 aliphatic rings. The summed E-state index contributed by atoms with van der Waals surface area (Å²) in [6.45, 7) is 7.37. The van der Waals surface area contributed by atoms with Crippen LogP contribution in [-0.4, -0.2) is 23.5 Å². The molecule has 1 aromatic rings. The second-order valence-corrected chi connectivity index (χ2v) is 6.86. The van der Waals surface area contributed by atoms with Gasteiger partial charge in [-0.2, -0.15) is 0 Å². The minimum atomic E-state index is 0. The van der Waals surface area contributed by atoms with Crippen LogP contribution < -0.4 is 10.6 Å². The predicted molar refractivity (Wildman–Crippen MR) is 86.9 cm³/mol. The smallest absolute Gasteiger partial charge is 0.226 e. The van der Waals surface area contributed by atoms with E-state index in [1.807, 2.05) is 6.92 Å². The van der Waals surface area contributed by atoms with E-state index in [1.165, 1.54) is 6.42 Å². The molecule has 0 spiro atoms. The summed E-state index contributed by atoms with van der Waals surface area (Å²) in [6, 6.07) is 0.350. The van der Waals surface area contributed by atoms with E-state index < -0.39 is 0 Å². The van der Waals surface area contributed by atoms with Crippen molar-refractivity contribution in [1.82, 2.24) is 10.3 Å². The van der Waals surface area contributed by atoms with E-state index in [-0.39, 0.29) is 18.3 Å². The van der Waals surface area contributed by atoms with Crippen molar-refractivity contribution < 1.29 is 4.79 Å². The van der Waals surface area contributed by atoms with Gasteiger partial charge in [0, 0.05) is 12.5 Å². The Bertz CT molecular complexity index is 442. The lowest BCUT2D eigenvalue weighted by molar-refractivity contribution is -0.116. The summed E-state index contributed by atoms with van der Waals surface area (Å²) >= 11 is 1.58. The van der Waals surface area contributed by atoms with Gasteiger partial charge in [-0.15, -0.1) is 23.7 Å². The number of aromatic nitrogens is 1. The van der Waals surface area contributed by atoms with Crippen molar-refractivity contribution in [3.05, 3.63) is 10.7 Å². The van der Waals surface area contributed by atoms with Crippen molar-refractivity contribution in [2.45, 2.75) is 52.5 Å². The van der Waals surface area contributed by atoms with Crippen molar-refractivity contribution in [2.24, 2.45) is 5.92 Å². The van der Waals surface area contributed by atoms with Gasteiger partial charge in [0.05, 0.1) is 10.7 Å². The van der Waals surface area contributed by atoms with Crippen molar-refractivity contribution in [2.75, 3.05) is 11.9 Å². The lowest BCUT2D eigenvalue weighted by atomic mass is 10.1. The molecule has 1 unspecified atom stereocenters. The van der Waals surface area contributed by atoms with Crippen LogP contribution in [0.25, 0.3) is 0 Å². The minimum absolute atomic E-state index is 0. The summed E-state index contributed by atoms with van der Waals surface area (Å²) in [6.07, 6.45) is 3.77. The zero-order chi connectivity index (χ0) is 13.8. The molecule has 2 rings (SSSR count). The molecule has 114 valence electrons. The quantitative estimate of drug-likeness (QED) is 0.877. The number of halogens is 1. The van der Waals surface area contributed by atoms with E-state index in [9.17, 15) is 4.79 Å². The van der Waals surface area contributed by atoms with Crippen LogP contribution in [0.4, 0.5) is 5.00 Å². The first-order valence-electron chi connectivity index (χ1n) is 7.04. The van der Waals surface area contributed by atoms with Crippen molar-refractivity contribution in [1.29, 1.82) is 0 Å². The third-order valence-electron chi connectivity index (χ3n) is 3.25. The number of aryl methyl sites for hydroxylation is 1. The highest BCUT2D eigenvalue weighted by Crippen LogP contribution is 2.26. The van der Waals surface area contributed by atoms with Gasteiger partial charge in [0.25, 0.3) is 0 Å². The van der Waals surface area contributed by atoms with Gasteiger partial charge in [0.1, 0.15) is 5.00 Å². The molecule has 1 saturated heterocycles. The largest absolute Gasteiger partial charge is 0.316 e. The van der Waals surface area contributed by atoms with Crippen molar-refractivity contribution in [3.8, 4) is 0 Å². The molecule has 0 aliphatic carbocycles. The Labute approximate surface area is 131 Å². The van der Waals surface area contributed by atoms with Gasteiger partial charge in [-0.1, -0.05) is 13.8 Å². The topological polar surface area (TPSA) is 54.0 Å². The second kappa shape index (κ2) is 7.96. The standard InChI is InChI=1S/C14H23N3OS.ClH/c1-9(2)7-12-14(19-10(3)16-12)17-13(18)8-11-5-4-6-15-11;/h9,11,15H,4-8H2,1-3H3,(H,17,18);1H. The normalized spacial score (nSPS) is 18.1. The van der Waals surface area contributed by atoms with Crippen LogP contribution in [0.1, 0.15) is 43.8 Å². The zero-order valence-corrected chi connectivity index (χ0v) is 14.0. The van der Waals surface area contributed by atoms with E-state index in [0.29, 0.717) is 18.4 Å². The lowest BCUT2D eigenvalue weighted by Crippen LogP contribution is -2.27. The maximum atomic E-state index is 12.0. The number of thiazole rings is 1. The van der Waals surface area contributed by atoms with Gasteiger partial charge in [-0.25, -0.2) is 4.98 Å². The predicted octanol–water partition coefficient (Wildman–Crippen LogP) is 3.15. The summed E-state index contributed by atoms with van der Waals surface area (Å²) in [7, 11) is 0. The molecule has 4 nitrogen and oxygen atoms in total. The van der Waals surface area contributed by atoms with E-state index in [0.717, 1.165) is 35.1 Å². The molecule has 6 heteroatoms. The van der Waals surface area contributed by atoms with Gasteiger partial charge >= 0.3 is 0 Å². The van der Waals surface area contributed by atoms with Crippen LogP contribution in [0.3, 0.4) is 0 Å². The van der Waals surface area contributed by atoms with Gasteiger partial charge in [-0.3, -0.25) is 4.79 Å². The lowest BCUT2D eigenvalue weighted by Gasteiger charge is -2.10. The molecule has 1 atom stereocenters. The summed E-state index contributed by atoms with van der Waals surface area (Å²) < 4.78 is 0. The van der Waals surface area contributed by atoms with Crippen LogP contribution in [-0.2, 0) is 11.2 Å². The molecule has 0 bridgehead atoms. The summed E-state index contributed by atoms with van der Waals surface area (Å²) in [5.41, 5.74) is 1.03. The van der Waals surface area contributed by atoms with Gasteiger partial charge in [0.15, 0.2) is 0 Å². The van der Waals surface area contributed by atoms with Crippen LogP contribution in [0, 0.1) is 12.8 Å². The first-order valence-corrected chi connectivity index (χ1v) is 7.85. The van der Waals surface area contributed by atoms with E-state index in [1.54, 1.807) is 11.3 Å². The SMILES string of the molecule is Cc1nc(CC(C)C)c(NC(=O)CC2CCCN2)s1.Cl. The van der Waals surface area contributed by atoms with Crippen molar-refractivity contribution >= 4 is 34.7 Å². The van der Waals surface area contributed by atoms with Gasteiger partial charge in [0.2, 0.25) is 5.91 Å². The number of hydrogen-bond acceptors (Lipinski definition) is 4. The number of nitrogens with zero attached hydrogens (tertiary/aromatic N) is 1. The molecule has 0 radical (unpaired) electrons. The Morgan fingerprint density at radius 1 is 1.55 bits per heavy atom. The Morgan fingerprint density at radius 3 is 2.90 bits per heavy atom. The Morgan fingerprint density at radius 2 is 2.30 bits per heavy atom. The highest BCUT2D eigenvalue weighted by Gasteiger charge is 2.19. The van der Waals surface area contributed by atoms with Crippen LogP contribution >= 0.6 is 23.7 Å². The molecule has 2 N–H and O–H groups in total. The summed E-state index contributed by atoms with van der Waals surface area (Å²) in [5, 5.41) is 8.35. The Kier molecular flexibility index (Phi) is 6.92. The first kappa shape index (κ1) is 17.4. The molecule has 1 fully saturated rings. The summed E-state index contributed by atoms with van der Waals surface area (Å²) in [5.74, 6) is 0.654. The number of carbonyl (C=O) groups is 1. The Hall–Kier alpha value is -0.650. The third kappa shape index (κ3) is 5.04. The Balaban J connectivity index is 0.00000200. The van der Waals surface area contributed by atoms with E-state index >= 15 is 0 Å². The molecule has 1 aliphatic heterocycles. The molecule has 2 heterocycles. The summed E-state index contributed by atoms with van der Waals surface area (Å²) in [4.78, 5) is 16.6. The second-order valence-electron chi connectivity index (χ2n) is 5.65. The molecule has 1 amide bonds. The highest BCUT2D eigenvalue weighted by molar-refractivity contribution is 7.16. The maximum absolute atomic E-state index is 12.0. The zero-order valence-electron chi connectivity index (χ0n) is 12.4.